The van der Waals surface area contributed by atoms with Gasteiger partial charge in [0, 0.05) is 31.2 Å². The average molecular weight is 430 g/mol. The molecule has 0 bridgehead atoms. The van der Waals surface area contributed by atoms with Gasteiger partial charge in [0.15, 0.2) is 5.13 Å². The van der Waals surface area contributed by atoms with E-state index in [1.54, 1.807) is 11.3 Å². The molecule has 1 saturated heterocycles. The van der Waals surface area contributed by atoms with Crippen LogP contribution in [0.25, 0.3) is 10.2 Å². The highest BCUT2D eigenvalue weighted by atomic mass is 35.5. The maximum Gasteiger partial charge on any atom is 0.227 e. The first-order valence-corrected chi connectivity index (χ1v) is 11.0. The van der Waals surface area contributed by atoms with Gasteiger partial charge in [-0.15, -0.1) is 0 Å². The molecule has 0 saturated carbocycles. The summed E-state index contributed by atoms with van der Waals surface area (Å²) in [5.74, 6) is 1.01. The van der Waals surface area contributed by atoms with E-state index >= 15 is 0 Å². The predicted octanol–water partition coefficient (Wildman–Crippen LogP) is 4.55. The van der Waals surface area contributed by atoms with Crippen molar-refractivity contribution < 1.29 is 9.53 Å². The minimum absolute atomic E-state index is 0.167. The maximum atomic E-state index is 12.7. The molecule has 7 heteroatoms. The molecule has 29 heavy (non-hydrogen) atoms. The zero-order valence-electron chi connectivity index (χ0n) is 16.7. The number of halogens is 1. The Hall–Kier alpha value is -2.31. The van der Waals surface area contributed by atoms with Crippen LogP contribution in [0.3, 0.4) is 0 Å². The number of nitrogens with zero attached hydrogens (tertiary/aromatic N) is 3. The van der Waals surface area contributed by atoms with Crippen molar-refractivity contribution in [1.29, 1.82) is 0 Å². The monoisotopic (exact) mass is 429 g/mol. The molecule has 0 atom stereocenters. The van der Waals surface area contributed by atoms with Crippen LogP contribution in [0.1, 0.15) is 18.1 Å². The number of hydrogen-bond acceptors (Lipinski definition) is 5. The average Bonchev–Trinajstić information content (AvgIpc) is 3.18. The lowest BCUT2D eigenvalue weighted by atomic mass is 10.1. The third kappa shape index (κ3) is 4.33. The van der Waals surface area contributed by atoms with E-state index in [4.69, 9.17) is 21.3 Å². The molecule has 0 unspecified atom stereocenters. The number of aryl methyl sites for hydroxylation is 1. The minimum Gasteiger partial charge on any atom is -0.494 e. The van der Waals surface area contributed by atoms with E-state index < -0.39 is 0 Å². The van der Waals surface area contributed by atoms with Crippen molar-refractivity contribution >= 4 is 44.2 Å². The summed E-state index contributed by atoms with van der Waals surface area (Å²) < 4.78 is 6.61. The van der Waals surface area contributed by atoms with Gasteiger partial charge in [-0.1, -0.05) is 35.1 Å². The van der Waals surface area contributed by atoms with Crippen molar-refractivity contribution in [2.75, 3.05) is 37.7 Å². The number of hydrogen-bond donors (Lipinski definition) is 0. The molecule has 1 aromatic heterocycles. The van der Waals surface area contributed by atoms with Crippen LogP contribution >= 0.6 is 22.9 Å². The van der Waals surface area contributed by atoms with Gasteiger partial charge in [0.2, 0.25) is 5.91 Å². The predicted molar refractivity (Wildman–Crippen MR) is 119 cm³/mol. The Kier molecular flexibility index (Phi) is 5.92. The van der Waals surface area contributed by atoms with E-state index in [2.05, 4.69) is 4.90 Å². The van der Waals surface area contributed by atoms with Crippen LogP contribution in [-0.4, -0.2) is 48.6 Å². The normalized spacial score (nSPS) is 14.4. The fourth-order valence-corrected chi connectivity index (χ4v) is 4.76. The first kappa shape index (κ1) is 20.0. The SMILES string of the molecule is CCOc1ccc(CC(=O)N2CCN(c3nc4c(C)c(Cl)ccc4s3)CC2)cc1. The zero-order chi connectivity index (χ0) is 20.4. The summed E-state index contributed by atoms with van der Waals surface area (Å²) in [6.45, 7) is 7.62. The van der Waals surface area contributed by atoms with Crippen molar-refractivity contribution in [3.8, 4) is 5.75 Å². The van der Waals surface area contributed by atoms with Gasteiger partial charge < -0.3 is 14.5 Å². The second-order valence-electron chi connectivity index (χ2n) is 7.14. The summed E-state index contributed by atoms with van der Waals surface area (Å²) in [7, 11) is 0. The first-order valence-electron chi connectivity index (χ1n) is 9.85. The van der Waals surface area contributed by atoms with Crippen molar-refractivity contribution in [2.45, 2.75) is 20.3 Å². The Morgan fingerprint density at radius 3 is 2.55 bits per heavy atom. The maximum absolute atomic E-state index is 12.7. The number of rotatable bonds is 5. The lowest BCUT2D eigenvalue weighted by Crippen LogP contribution is -2.49. The molecule has 152 valence electrons. The first-order chi connectivity index (χ1) is 14.0. The molecule has 1 aliphatic rings. The number of thiazole rings is 1. The van der Waals surface area contributed by atoms with Crippen LogP contribution in [0.15, 0.2) is 36.4 Å². The fourth-order valence-electron chi connectivity index (χ4n) is 3.53. The topological polar surface area (TPSA) is 45.7 Å². The number of carbonyl (C=O) groups is 1. The summed E-state index contributed by atoms with van der Waals surface area (Å²) in [5, 5.41) is 1.75. The Bertz CT molecular complexity index is 1010. The smallest absolute Gasteiger partial charge is 0.227 e. The number of ether oxygens (including phenoxy) is 1. The molecule has 1 aliphatic heterocycles. The van der Waals surface area contributed by atoms with Crippen LogP contribution in [0.5, 0.6) is 5.75 Å². The molecule has 1 fully saturated rings. The Balaban J connectivity index is 1.36. The lowest BCUT2D eigenvalue weighted by Gasteiger charge is -2.34. The number of carbonyl (C=O) groups excluding carboxylic acids is 1. The van der Waals surface area contributed by atoms with E-state index in [-0.39, 0.29) is 5.91 Å². The lowest BCUT2D eigenvalue weighted by molar-refractivity contribution is -0.130. The molecule has 4 rings (SSSR count). The number of benzene rings is 2. The molecular formula is C22H24ClN3O2S. The van der Waals surface area contributed by atoms with Crippen molar-refractivity contribution in [3.63, 3.8) is 0 Å². The second-order valence-corrected chi connectivity index (χ2v) is 8.55. The summed E-state index contributed by atoms with van der Waals surface area (Å²) >= 11 is 7.91. The fraction of sp³-hybridized carbons (Fsp3) is 0.364. The number of piperazine rings is 1. The highest BCUT2D eigenvalue weighted by Gasteiger charge is 2.23. The molecule has 2 aromatic carbocycles. The third-order valence-corrected chi connectivity index (χ3v) is 6.72. The number of aromatic nitrogens is 1. The molecule has 3 aromatic rings. The van der Waals surface area contributed by atoms with Crippen molar-refractivity contribution in [3.05, 3.63) is 52.5 Å². The van der Waals surface area contributed by atoms with E-state index in [1.165, 1.54) is 0 Å². The van der Waals surface area contributed by atoms with E-state index in [1.807, 2.05) is 55.1 Å². The quantitative estimate of drug-likeness (QED) is 0.597. The summed E-state index contributed by atoms with van der Waals surface area (Å²) in [4.78, 5) is 21.7. The van der Waals surface area contributed by atoms with Crippen LogP contribution in [0.2, 0.25) is 5.02 Å². The second kappa shape index (κ2) is 8.59. The molecule has 2 heterocycles. The molecule has 0 radical (unpaired) electrons. The van der Waals surface area contributed by atoms with Gasteiger partial charge in [0.1, 0.15) is 5.75 Å². The largest absolute Gasteiger partial charge is 0.494 e. The Labute approximate surface area is 179 Å². The summed E-state index contributed by atoms with van der Waals surface area (Å²) in [6.07, 6.45) is 0.422. The van der Waals surface area contributed by atoms with Gasteiger partial charge in [-0.25, -0.2) is 4.98 Å². The van der Waals surface area contributed by atoms with Crippen LogP contribution in [-0.2, 0) is 11.2 Å². The zero-order valence-corrected chi connectivity index (χ0v) is 18.2. The van der Waals surface area contributed by atoms with Crippen molar-refractivity contribution in [2.24, 2.45) is 0 Å². The van der Waals surface area contributed by atoms with Gasteiger partial charge in [0.25, 0.3) is 0 Å². The van der Waals surface area contributed by atoms with Crippen LogP contribution in [0, 0.1) is 6.92 Å². The number of fused-ring (bicyclic) bond motifs is 1. The Morgan fingerprint density at radius 2 is 1.86 bits per heavy atom. The summed E-state index contributed by atoms with van der Waals surface area (Å²) in [5.41, 5.74) is 3.02. The van der Waals surface area contributed by atoms with Gasteiger partial charge in [-0.3, -0.25) is 4.79 Å². The van der Waals surface area contributed by atoms with E-state index in [0.717, 1.165) is 50.3 Å². The van der Waals surface area contributed by atoms with Crippen molar-refractivity contribution in [1.82, 2.24) is 9.88 Å². The molecule has 5 nitrogen and oxygen atoms in total. The highest BCUT2D eigenvalue weighted by molar-refractivity contribution is 7.22. The molecular weight excluding hydrogens is 406 g/mol. The van der Waals surface area contributed by atoms with Gasteiger partial charge >= 0.3 is 0 Å². The molecule has 0 aliphatic carbocycles. The minimum atomic E-state index is 0.167. The summed E-state index contributed by atoms with van der Waals surface area (Å²) in [6, 6.07) is 11.7. The van der Waals surface area contributed by atoms with Crippen LogP contribution in [0.4, 0.5) is 5.13 Å². The number of anilines is 1. The standard InChI is InChI=1S/C22H24ClN3O2S/c1-3-28-17-6-4-16(5-7-17)14-20(27)25-10-12-26(13-11-25)22-24-21-15(2)18(23)8-9-19(21)29-22/h4-9H,3,10-14H2,1-2H3. The molecule has 0 N–H and O–H groups in total. The van der Waals surface area contributed by atoms with Gasteiger partial charge in [-0.05, 0) is 49.2 Å². The third-order valence-electron chi connectivity index (χ3n) is 5.23. The molecule has 0 spiro atoms. The van der Waals surface area contributed by atoms with Crippen LogP contribution < -0.4 is 9.64 Å². The molecule has 1 amide bonds. The van der Waals surface area contributed by atoms with Gasteiger partial charge in [-0.2, -0.15) is 0 Å². The van der Waals surface area contributed by atoms with E-state index in [9.17, 15) is 4.79 Å². The Morgan fingerprint density at radius 1 is 1.14 bits per heavy atom. The van der Waals surface area contributed by atoms with Gasteiger partial charge in [0.05, 0.1) is 23.2 Å². The number of amides is 1. The van der Waals surface area contributed by atoms with E-state index in [0.29, 0.717) is 26.1 Å². The highest BCUT2D eigenvalue weighted by Crippen LogP contribution is 2.33.